The lowest BCUT2D eigenvalue weighted by atomic mass is 10.0. The highest BCUT2D eigenvalue weighted by atomic mass is 16.2. The molecule has 0 fully saturated rings. The Bertz CT molecular complexity index is 855. The molecule has 1 aromatic carbocycles. The van der Waals surface area contributed by atoms with Crippen LogP contribution in [0.4, 0.5) is 5.69 Å². The molecule has 0 aliphatic carbocycles. The Kier molecular flexibility index (Phi) is 3.97. The number of hydrogen-bond acceptors (Lipinski definition) is 3. The van der Waals surface area contributed by atoms with Crippen LogP contribution >= 0.6 is 0 Å². The number of H-pyrrole nitrogens is 2. The van der Waals surface area contributed by atoms with E-state index in [1.54, 1.807) is 25.2 Å². The first-order valence-corrected chi connectivity index (χ1v) is 7.41. The normalized spacial score (nSPS) is 14.3. The molecular weight excluding hydrogens is 292 g/mol. The molecule has 0 saturated heterocycles. The number of nitrogens with one attached hydrogen (secondary N) is 2. The average Bonchev–Trinajstić information content (AvgIpc) is 3.10. The maximum atomic E-state index is 12.0. The van der Waals surface area contributed by atoms with Gasteiger partial charge in [0.15, 0.2) is 0 Å². The summed E-state index contributed by atoms with van der Waals surface area (Å²) in [5.74, 6) is 0.0263. The van der Waals surface area contributed by atoms with E-state index in [9.17, 15) is 9.59 Å². The zero-order chi connectivity index (χ0) is 16.4. The van der Waals surface area contributed by atoms with E-state index in [1.165, 1.54) is 0 Å². The minimum atomic E-state index is -0.192. The van der Waals surface area contributed by atoms with Crippen molar-refractivity contribution in [3.63, 3.8) is 0 Å². The van der Waals surface area contributed by atoms with Crippen molar-refractivity contribution >= 4 is 29.5 Å². The van der Waals surface area contributed by atoms with E-state index in [4.69, 9.17) is 0 Å². The summed E-state index contributed by atoms with van der Waals surface area (Å²) in [7, 11) is 3.44. The molecule has 1 amide bonds. The summed E-state index contributed by atoms with van der Waals surface area (Å²) >= 11 is 0. The highest BCUT2D eigenvalue weighted by molar-refractivity contribution is 6.21. The molecule has 0 saturated carbocycles. The van der Waals surface area contributed by atoms with Gasteiger partial charge in [-0.1, -0.05) is 18.2 Å². The molecule has 1 aliphatic rings. The highest BCUT2D eigenvalue weighted by Gasteiger charge is 2.15. The second-order valence-corrected chi connectivity index (χ2v) is 5.63. The first-order chi connectivity index (χ1) is 11.1. The third-order valence-electron chi connectivity index (χ3n) is 3.84. The minimum Gasteiger partial charge on any atom is -0.349 e. The molecule has 0 radical (unpaired) electrons. The number of amides is 1. The van der Waals surface area contributed by atoms with E-state index in [1.807, 2.05) is 30.3 Å². The van der Waals surface area contributed by atoms with Gasteiger partial charge in [-0.15, -0.1) is 0 Å². The fourth-order valence-electron chi connectivity index (χ4n) is 2.52. The Morgan fingerprint density at radius 2 is 2.04 bits per heavy atom. The van der Waals surface area contributed by atoms with Gasteiger partial charge in [-0.3, -0.25) is 19.7 Å². The first-order valence-electron chi connectivity index (χ1n) is 7.41. The summed E-state index contributed by atoms with van der Waals surface area (Å²) < 4.78 is 0. The van der Waals surface area contributed by atoms with E-state index in [2.05, 4.69) is 15.2 Å². The number of fused-ring (bicyclic) bond motifs is 1. The van der Waals surface area contributed by atoms with Crippen LogP contribution in [0, 0.1) is 0 Å². The molecule has 118 valence electrons. The number of nitrogens with zero attached hydrogens (tertiary/aromatic N) is 2. The van der Waals surface area contributed by atoms with Crippen molar-refractivity contribution in [2.45, 2.75) is 12.8 Å². The molecule has 3 rings (SSSR count). The van der Waals surface area contributed by atoms with Gasteiger partial charge >= 0.3 is 0 Å². The van der Waals surface area contributed by atoms with Crippen molar-refractivity contribution in [1.29, 1.82) is 0 Å². The SMILES string of the molecule is CN(C)C(=O)CCc1[nH][nH]c(=O)c1/C=C1/C=Nc2ccccc21. The predicted molar refractivity (Wildman–Crippen MR) is 90.9 cm³/mol. The number of aliphatic imine (C=N–C) groups is 1. The van der Waals surface area contributed by atoms with Crippen LogP contribution in [0.3, 0.4) is 0 Å². The second-order valence-electron chi connectivity index (χ2n) is 5.63. The Labute approximate surface area is 133 Å². The number of carbonyl (C=O) groups excluding carboxylic acids is 1. The van der Waals surface area contributed by atoms with E-state index in [0.717, 1.165) is 22.5 Å². The van der Waals surface area contributed by atoms with E-state index in [0.29, 0.717) is 18.4 Å². The quantitative estimate of drug-likeness (QED) is 0.905. The summed E-state index contributed by atoms with van der Waals surface area (Å²) in [5, 5.41) is 5.46. The Hall–Kier alpha value is -2.89. The summed E-state index contributed by atoms with van der Waals surface area (Å²) in [6, 6.07) is 7.79. The monoisotopic (exact) mass is 310 g/mol. The Morgan fingerprint density at radius 1 is 1.26 bits per heavy atom. The molecule has 1 aromatic heterocycles. The fraction of sp³-hybridized carbons (Fsp3) is 0.235. The molecule has 0 spiro atoms. The molecule has 6 nitrogen and oxygen atoms in total. The van der Waals surface area contributed by atoms with E-state index in [-0.39, 0.29) is 11.5 Å². The Morgan fingerprint density at radius 3 is 2.83 bits per heavy atom. The fourth-order valence-corrected chi connectivity index (χ4v) is 2.52. The van der Waals surface area contributed by atoms with Gasteiger partial charge in [0, 0.05) is 43.6 Å². The molecule has 2 N–H and O–H groups in total. The van der Waals surface area contributed by atoms with Crippen molar-refractivity contribution in [3.05, 3.63) is 51.4 Å². The standard InChI is InChI=1S/C17H18N4O2/c1-21(2)16(22)8-7-15-13(17(23)20-19-15)9-11-10-18-14-6-4-3-5-12(11)14/h3-6,9-10H,7-8H2,1-2H3,(H2,19,20,23)/b11-9-. The van der Waals surface area contributed by atoms with Crippen LogP contribution in [0.25, 0.3) is 11.6 Å². The number of hydrogen-bond donors (Lipinski definition) is 2. The molecule has 23 heavy (non-hydrogen) atoms. The van der Waals surface area contributed by atoms with Crippen molar-refractivity contribution in [2.75, 3.05) is 14.1 Å². The van der Waals surface area contributed by atoms with Crippen LogP contribution in [-0.4, -0.2) is 41.3 Å². The van der Waals surface area contributed by atoms with E-state index >= 15 is 0 Å². The largest absolute Gasteiger partial charge is 0.349 e. The van der Waals surface area contributed by atoms with Gasteiger partial charge in [-0.2, -0.15) is 0 Å². The van der Waals surface area contributed by atoms with Crippen LogP contribution in [0.5, 0.6) is 0 Å². The predicted octanol–water partition coefficient (Wildman–Crippen LogP) is 1.98. The molecule has 0 atom stereocenters. The number of aromatic amines is 2. The van der Waals surface area contributed by atoms with Gasteiger partial charge < -0.3 is 10.00 Å². The topological polar surface area (TPSA) is 81.3 Å². The number of allylic oxidation sites excluding steroid dienone is 1. The number of benzene rings is 1. The Balaban J connectivity index is 1.89. The first kappa shape index (κ1) is 15.0. The third kappa shape index (κ3) is 3.01. The molecule has 2 aromatic rings. The molecular formula is C17H18N4O2. The van der Waals surface area contributed by atoms with Crippen LogP contribution in [0.15, 0.2) is 34.1 Å². The number of rotatable bonds is 4. The van der Waals surface area contributed by atoms with Gasteiger partial charge in [0.2, 0.25) is 5.91 Å². The smallest absolute Gasteiger partial charge is 0.271 e. The highest BCUT2D eigenvalue weighted by Crippen LogP contribution is 2.32. The van der Waals surface area contributed by atoms with E-state index < -0.39 is 0 Å². The van der Waals surface area contributed by atoms with Crippen molar-refractivity contribution in [3.8, 4) is 0 Å². The maximum absolute atomic E-state index is 12.0. The second kappa shape index (κ2) is 6.08. The molecule has 6 heteroatoms. The van der Waals surface area contributed by atoms with Crippen molar-refractivity contribution in [1.82, 2.24) is 15.1 Å². The van der Waals surface area contributed by atoms with Gasteiger partial charge in [0.05, 0.1) is 11.3 Å². The zero-order valence-electron chi connectivity index (χ0n) is 13.1. The van der Waals surface area contributed by atoms with Crippen LogP contribution in [-0.2, 0) is 11.2 Å². The van der Waals surface area contributed by atoms with Crippen molar-refractivity contribution in [2.24, 2.45) is 4.99 Å². The summed E-state index contributed by atoms with van der Waals surface area (Å²) in [6.45, 7) is 0. The number of aryl methyl sites for hydroxylation is 1. The molecule has 2 heterocycles. The summed E-state index contributed by atoms with van der Waals surface area (Å²) in [6.07, 6.45) is 4.40. The molecule has 1 aliphatic heterocycles. The average molecular weight is 310 g/mol. The minimum absolute atomic E-state index is 0.0263. The lowest BCUT2D eigenvalue weighted by Gasteiger charge is -2.09. The van der Waals surface area contributed by atoms with Crippen LogP contribution in [0.2, 0.25) is 0 Å². The van der Waals surface area contributed by atoms with Gasteiger partial charge in [-0.05, 0) is 18.6 Å². The lowest BCUT2D eigenvalue weighted by molar-refractivity contribution is -0.128. The summed E-state index contributed by atoms with van der Waals surface area (Å²) in [5.41, 5.74) is 3.89. The van der Waals surface area contributed by atoms with Crippen LogP contribution in [0.1, 0.15) is 23.2 Å². The van der Waals surface area contributed by atoms with Crippen LogP contribution < -0.4 is 5.56 Å². The van der Waals surface area contributed by atoms with Gasteiger partial charge in [0.25, 0.3) is 5.56 Å². The molecule has 0 bridgehead atoms. The zero-order valence-corrected chi connectivity index (χ0v) is 13.1. The third-order valence-corrected chi connectivity index (χ3v) is 3.84. The van der Waals surface area contributed by atoms with Crippen molar-refractivity contribution < 1.29 is 4.79 Å². The maximum Gasteiger partial charge on any atom is 0.271 e. The number of para-hydroxylation sites is 1. The lowest BCUT2D eigenvalue weighted by Crippen LogP contribution is -2.22. The molecule has 0 unspecified atom stereocenters. The number of carbonyl (C=O) groups is 1. The number of aromatic nitrogens is 2. The van der Waals surface area contributed by atoms with Gasteiger partial charge in [0.1, 0.15) is 0 Å². The summed E-state index contributed by atoms with van der Waals surface area (Å²) in [4.78, 5) is 29.7. The van der Waals surface area contributed by atoms with Gasteiger partial charge in [-0.25, -0.2) is 0 Å².